The Bertz CT molecular complexity index is 705. The number of aryl methyl sites for hydroxylation is 1. The number of likely N-dealkylation sites (tertiary alicyclic amines) is 1. The summed E-state index contributed by atoms with van der Waals surface area (Å²) in [5.41, 5.74) is 7.26. The first-order valence-corrected chi connectivity index (χ1v) is 9.14. The number of hydrogen-bond acceptors (Lipinski definition) is 3. The van der Waals surface area contributed by atoms with Crippen molar-refractivity contribution < 1.29 is 4.79 Å². The summed E-state index contributed by atoms with van der Waals surface area (Å²) in [6, 6.07) is 10.4. The molecule has 2 aromatic rings. The third-order valence-electron chi connectivity index (χ3n) is 5.15. The second-order valence-corrected chi connectivity index (χ2v) is 7.20. The quantitative estimate of drug-likeness (QED) is 0.789. The van der Waals surface area contributed by atoms with Crippen molar-refractivity contribution in [1.82, 2.24) is 14.5 Å². The molecule has 5 nitrogen and oxygen atoms in total. The number of carbonyl (C=O) groups is 1. The van der Waals surface area contributed by atoms with Gasteiger partial charge in [0.2, 0.25) is 5.91 Å². The summed E-state index contributed by atoms with van der Waals surface area (Å²) in [4.78, 5) is 19.1. The highest BCUT2D eigenvalue weighted by Crippen LogP contribution is 2.32. The Kier molecular flexibility index (Phi) is 9.30. The predicted octanol–water partition coefficient (Wildman–Crippen LogP) is 3.44. The first kappa shape index (κ1) is 23.5. The maximum Gasteiger partial charge on any atom is 0.224 e. The van der Waals surface area contributed by atoms with E-state index in [1.807, 2.05) is 23.4 Å². The number of aromatic nitrogens is 2. The molecule has 0 unspecified atom stereocenters. The molecule has 0 bridgehead atoms. The molecule has 2 N–H and O–H groups in total. The van der Waals surface area contributed by atoms with Gasteiger partial charge in [0.05, 0.1) is 0 Å². The molecule has 1 aromatic heterocycles. The fourth-order valence-corrected chi connectivity index (χ4v) is 3.78. The molecule has 0 radical (unpaired) electrons. The van der Waals surface area contributed by atoms with Crippen molar-refractivity contribution in [2.24, 2.45) is 11.7 Å². The van der Waals surface area contributed by atoms with E-state index in [1.54, 1.807) is 0 Å². The molecule has 3 rings (SSSR count). The van der Waals surface area contributed by atoms with Crippen LogP contribution in [0.15, 0.2) is 42.7 Å². The van der Waals surface area contributed by atoms with Crippen LogP contribution in [0.2, 0.25) is 0 Å². The molecule has 27 heavy (non-hydrogen) atoms. The minimum atomic E-state index is 0. The van der Waals surface area contributed by atoms with Crippen molar-refractivity contribution in [3.05, 3.63) is 54.1 Å². The van der Waals surface area contributed by atoms with E-state index in [0.717, 1.165) is 18.9 Å². The second kappa shape index (κ2) is 10.7. The maximum absolute atomic E-state index is 12.7. The number of amides is 1. The highest BCUT2D eigenvalue weighted by atomic mass is 35.5. The standard InChI is InChI=1S/C20H28N4O.2ClH/c1-15(2)20-22-9-11-23(20)10-8-19(25)24-13-17(12-21)18(14-24)16-6-4-3-5-7-16;;/h3-7,9,11,15,17-18H,8,10,12-14,21H2,1-2H3;2*1H/t17-,18+;;/m1../s1. The van der Waals surface area contributed by atoms with Gasteiger partial charge >= 0.3 is 0 Å². The summed E-state index contributed by atoms with van der Waals surface area (Å²) in [5.74, 6) is 2.29. The van der Waals surface area contributed by atoms with Gasteiger partial charge in [0.1, 0.15) is 5.82 Å². The lowest BCUT2D eigenvalue weighted by molar-refractivity contribution is -0.130. The minimum absolute atomic E-state index is 0. The van der Waals surface area contributed by atoms with Gasteiger partial charge in [-0.2, -0.15) is 0 Å². The number of halogens is 2. The molecule has 1 fully saturated rings. The molecule has 0 spiro atoms. The van der Waals surface area contributed by atoms with E-state index in [-0.39, 0.29) is 30.7 Å². The van der Waals surface area contributed by atoms with Gasteiger partial charge in [-0.15, -0.1) is 24.8 Å². The minimum Gasteiger partial charge on any atom is -0.342 e. The van der Waals surface area contributed by atoms with Crippen molar-refractivity contribution in [3.8, 4) is 0 Å². The van der Waals surface area contributed by atoms with Gasteiger partial charge in [0, 0.05) is 50.3 Å². The van der Waals surface area contributed by atoms with Gasteiger partial charge in [0.25, 0.3) is 0 Å². The van der Waals surface area contributed by atoms with Gasteiger partial charge in [-0.1, -0.05) is 44.2 Å². The molecule has 0 aliphatic carbocycles. The van der Waals surface area contributed by atoms with E-state index >= 15 is 0 Å². The van der Waals surface area contributed by atoms with Gasteiger partial charge in [-0.25, -0.2) is 4.98 Å². The van der Waals surface area contributed by atoms with E-state index in [2.05, 4.69) is 47.7 Å². The zero-order chi connectivity index (χ0) is 17.8. The highest BCUT2D eigenvalue weighted by Gasteiger charge is 2.34. The van der Waals surface area contributed by atoms with Crippen LogP contribution in [0.1, 0.15) is 43.5 Å². The third kappa shape index (κ3) is 5.47. The summed E-state index contributed by atoms with van der Waals surface area (Å²) >= 11 is 0. The van der Waals surface area contributed by atoms with Crippen LogP contribution in [-0.2, 0) is 11.3 Å². The van der Waals surface area contributed by atoms with Crippen LogP contribution < -0.4 is 5.73 Å². The summed E-state index contributed by atoms with van der Waals surface area (Å²) in [6.07, 6.45) is 4.28. The molecule has 2 heterocycles. The zero-order valence-electron chi connectivity index (χ0n) is 16.0. The number of imidazole rings is 1. The number of carbonyl (C=O) groups excluding carboxylic acids is 1. The number of rotatable bonds is 6. The van der Waals surface area contributed by atoms with Crippen LogP contribution in [0.3, 0.4) is 0 Å². The van der Waals surface area contributed by atoms with Crippen molar-refractivity contribution in [1.29, 1.82) is 0 Å². The second-order valence-electron chi connectivity index (χ2n) is 7.20. The smallest absolute Gasteiger partial charge is 0.224 e. The number of nitrogens with zero attached hydrogens (tertiary/aromatic N) is 3. The fourth-order valence-electron chi connectivity index (χ4n) is 3.78. The summed E-state index contributed by atoms with van der Waals surface area (Å²) in [6.45, 7) is 7.07. The Labute approximate surface area is 174 Å². The van der Waals surface area contributed by atoms with Crippen molar-refractivity contribution >= 4 is 30.7 Å². The topological polar surface area (TPSA) is 64.2 Å². The summed E-state index contributed by atoms with van der Waals surface area (Å²) in [7, 11) is 0. The zero-order valence-corrected chi connectivity index (χ0v) is 17.6. The summed E-state index contributed by atoms with van der Waals surface area (Å²) in [5, 5.41) is 0. The number of benzene rings is 1. The summed E-state index contributed by atoms with van der Waals surface area (Å²) < 4.78 is 2.09. The van der Waals surface area contributed by atoms with Crippen LogP contribution in [0.4, 0.5) is 0 Å². The molecule has 1 aromatic carbocycles. The van der Waals surface area contributed by atoms with Crippen molar-refractivity contribution in [2.45, 2.75) is 38.6 Å². The first-order valence-electron chi connectivity index (χ1n) is 9.14. The Morgan fingerprint density at radius 1 is 1.22 bits per heavy atom. The van der Waals surface area contributed by atoms with Crippen molar-refractivity contribution in [2.75, 3.05) is 19.6 Å². The lowest BCUT2D eigenvalue weighted by atomic mass is 9.89. The Balaban J connectivity index is 0.00000182. The SMILES string of the molecule is CC(C)c1nccn1CCC(=O)N1C[C@@H](CN)[C@H](c2ccccc2)C1.Cl.Cl. The molecule has 7 heteroatoms. The molecule has 2 atom stereocenters. The van der Waals surface area contributed by atoms with Crippen LogP contribution in [0, 0.1) is 5.92 Å². The normalized spacial score (nSPS) is 18.9. The van der Waals surface area contributed by atoms with E-state index in [0.29, 0.717) is 37.3 Å². The lowest BCUT2D eigenvalue weighted by Gasteiger charge is -2.17. The van der Waals surface area contributed by atoms with Gasteiger partial charge in [0.15, 0.2) is 0 Å². The Morgan fingerprint density at radius 3 is 2.56 bits per heavy atom. The van der Waals surface area contributed by atoms with Crippen LogP contribution in [0.5, 0.6) is 0 Å². The Morgan fingerprint density at radius 2 is 1.93 bits per heavy atom. The van der Waals surface area contributed by atoms with Crippen LogP contribution >= 0.6 is 24.8 Å². The maximum atomic E-state index is 12.7. The van der Waals surface area contributed by atoms with Gasteiger partial charge in [-0.3, -0.25) is 4.79 Å². The predicted molar refractivity (Wildman–Crippen MR) is 114 cm³/mol. The number of hydrogen-bond donors (Lipinski definition) is 1. The Hall–Kier alpha value is -1.56. The molecule has 0 saturated carbocycles. The van der Waals surface area contributed by atoms with E-state index in [9.17, 15) is 4.79 Å². The monoisotopic (exact) mass is 412 g/mol. The molecular weight excluding hydrogens is 383 g/mol. The molecule has 1 amide bonds. The van der Waals surface area contributed by atoms with E-state index < -0.39 is 0 Å². The molecule has 1 saturated heterocycles. The number of nitrogens with two attached hydrogens (primary N) is 1. The molecule has 1 aliphatic rings. The highest BCUT2D eigenvalue weighted by molar-refractivity contribution is 5.85. The molecular formula is C20H30Cl2N4O. The lowest BCUT2D eigenvalue weighted by Crippen LogP contribution is -2.30. The van der Waals surface area contributed by atoms with E-state index in [1.165, 1.54) is 5.56 Å². The van der Waals surface area contributed by atoms with E-state index in [4.69, 9.17) is 5.73 Å². The van der Waals surface area contributed by atoms with Crippen molar-refractivity contribution in [3.63, 3.8) is 0 Å². The first-order chi connectivity index (χ1) is 12.1. The van der Waals surface area contributed by atoms with Crippen LogP contribution in [-0.4, -0.2) is 40.0 Å². The average Bonchev–Trinajstić information content (AvgIpc) is 3.27. The third-order valence-corrected chi connectivity index (χ3v) is 5.15. The van der Waals surface area contributed by atoms with Gasteiger partial charge < -0.3 is 15.2 Å². The molecule has 1 aliphatic heterocycles. The molecule has 150 valence electrons. The average molecular weight is 413 g/mol. The van der Waals surface area contributed by atoms with Crippen LogP contribution in [0.25, 0.3) is 0 Å². The fraction of sp³-hybridized carbons (Fsp3) is 0.500. The largest absolute Gasteiger partial charge is 0.342 e. The van der Waals surface area contributed by atoms with Gasteiger partial charge in [-0.05, 0) is 18.0 Å².